The molecule has 0 radical (unpaired) electrons. The molecular weight excluding hydrogens is 494 g/mol. The van der Waals surface area contributed by atoms with Crippen molar-refractivity contribution in [2.75, 3.05) is 26.2 Å². The molecule has 0 unspecified atom stereocenters. The summed E-state index contributed by atoms with van der Waals surface area (Å²) in [5, 5.41) is 13.0. The molecule has 3 N–H and O–H groups in total. The lowest BCUT2D eigenvalue weighted by Crippen LogP contribution is -2.51. The molecule has 10 nitrogen and oxygen atoms in total. The van der Waals surface area contributed by atoms with Gasteiger partial charge in [0.25, 0.3) is 5.91 Å². The average molecular weight is 524 g/mol. The van der Waals surface area contributed by atoms with E-state index in [2.05, 4.69) is 21.1 Å². The van der Waals surface area contributed by atoms with Crippen LogP contribution in [0.3, 0.4) is 0 Å². The zero-order valence-corrected chi connectivity index (χ0v) is 21.0. The van der Waals surface area contributed by atoms with Crippen molar-refractivity contribution in [1.82, 2.24) is 25.4 Å². The Kier molecular flexibility index (Phi) is 7.36. The second-order valence-corrected chi connectivity index (χ2v) is 11.3. The number of hydrogen-bond acceptors (Lipinski definition) is 7. The molecule has 2 amide bonds. The molecule has 0 saturated carbocycles. The van der Waals surface area contributed by atoms with E-state index in [1.165, 1.54) is 22.5 Å². The third kappa shape index (κ3) is 5.58. The standard InChI is InChI=1S/C26H29N5O5S/c32-25(28-19-10-7-13-27-15-19)21-16-31(37(34,35)20-11-5-2-6-12-20)17-23(21)29-26(33)22-14-24(36-30-22)18-8-3-1-4-9-18/h1-6,8-9,11-12,14,19,21,23,27H,7,10,13,15-17H2,(H,28,32)(H,29,33)/t19-,21-,23-/m0/s1. The number of benzene rings is 2. The van der Waals surface area contributed by atoms with Crippen LogP contribution in [-0.4, -0.2) is 68.0 Å². The van der Waals surface area contributed by atoms with Gasteiger partial charge in [0.1, 0.15) is 0 Å². The van der Waals surface area contributed by atoms with Crippen LogP contribution in [0.25, 0.3) is 11.3 Å². The molecule has 0 bridgehead atoms. The fraction of sp³-hybridized carbons (Fsp3) is 0.346. The summed E-state index contributed by atoms with van der Waals surface area (Å²) < 4.78 is 33.2. The van der Waals surface area contributed by atoms with E-state index in [1.54, 1.807) is 18.2 Å². The molecule has 2 aliphatic heterocycles. The van der Waals surface area contributed by atoms with Crippen LogP contribution in [0.1, 0.15) is 23.3 Å². The van der Waals surface area contributed by atoms with Gasteiger partial charge in [0.15, 0.2) is 11.5 Å². The number of aromatic nitrogens is 1. The second kappa shape index (κ2) is 10.8. The third-order valence-electron chi connectivity index (χ3n) is 6.76. The molecule has 3 heterocycles. The smallest absolute Gasteiger partial charge is 0.273 e. The molecule has 11 heteroatoms. The van der Waals surface area contributed by atoms with E-state index in [4.69, 9.17) is 4.52 Å². The van der Waals surface area contributed by atoms with Crippen LogP contribution in [-0.2, 0) is 14.8 Å². The van der Waals surface area contributed by atoms with E-state index < -0.39 is 27.9 Å². The van der Waals surface area contributed by atoms with E-state index in [1.807, 2.05) is 30.3 Å². The number of carbonyl (C=O) groups is 2. The monoisotopic (exact) mass is 523 g/mol. The highest BCUT2D eigenvalue weighted by atomic mass is 32.2. The number of rotatable bonds is 7. The first-order chi connectivity index (χ1) is 17.9. The Hall–Kier alpha value is -3.54. The van der Waals surface area contributed by atoms with Gasteiger partial charge in [-0.25, -0.2) is 8.42 Å². The number of hydrogen-bond donors (Lipinski definition) is 3. The van der Waals surface area contributed by atoms with Crippen molar-refractivity contribution in [2.24, 2.45) is 5.92 Å². The fourth-order valence-electron chi connectivity index (χ4n) is 4.76. The first-order valence-electron chi connectivity index (χ1n) is 12.3. The van der Waals surface area contributed by atoms with E-state index in [0.29, 0.717) is 12.3 Å². The average Bonchev–Trinajstić information content (AvgIpc) is 3.59. The number of nitrogens with zero attached hydrogens (tertiary/aromatic N) is 2. The Labute approximate surface area is 215 Å². The van der Waals surface area contributed by atoms with Crippen LogP contribution in [0, 0.1) is 5.92 Å². The maximum atomic E-state index is 13.3. The van der Waals surface area contributed by atoms with E-state index >= 15 is 0 Å². The van der Waals surface area contributed by atoms with Crippen LogP contribution < -0.4 is 16.0 Å². The first-order valence-corrected chi connectivity index (χ1v) is 13.7. The molecular formula is C26H29N5O5S. The molecule has 37 heavy (non-hydrogen) atoms. The van der Waals surface area contributed by atoms with Crippen molar-refractivity contribution in [3.05, 3.63) is 72.4 Å². The van der Waals surface area contributed by atoms with E-state index in [9.17, 15) is 18.0 Å². The van der Waals surface area contributed by atoms with Crippen molar-refractivity contribution in [3.8, 4) is 11.3 Å². The molecule has 194 valence electrons. The molecule has 0 spiro atoms. The van der Waals surface area contributed by atoms with Crippen LogP contribution in [0.2, 0.25) is 0 Å². The van der Waals surface area contributed by atoms with Gasteiger partial charge in [-0.05, 0) is 31.5 Å². The summed E-state index contributed by atoms with van der Waals surface area (Å²) in [5.74, 6) is -1.14. The largest absolute Gasteiger partial charge is 0.355 e. The van der Waals surface area contributed by atoms with Gasteiger partial charge in [-0.1, -0.05) is 53.7 Å². The Balaban J connectivity index is 1.35. The van der Waals surface area contributed by atoms with Crippen molar-refractivity contribution in [2.45, 2.75) is 29.8 Å². The summed E-state index contributed by atoms with van der Waals surface area (Å²) in [6.45, 7) is 1.48. The normalized spacial score (nSPS) is 22.4. The number of carbonyl (C=O) groups excluding carboxylic acids is 2. The fourth-order valence-corrected chi connectivity index (χ4v) is 6.28. The Bertz CT molecular complexity index is 1340. The maximum Gasteiger partial charge on any atom is 0.273 e. The maximum absolute atomic E-state index is 13.3. The number of nitrogens with one attached hydrogen (secondary N) is 3. The molecule has 5 rings (SSSR count). The van der Waals surface area contributed by atoms with Crippen molar-refractivity contribution in [3.63, 3.8) is 0 Å². The lowest BCUT2D eigenvalue weighted by Gasteiger charge is -2.26. The predicted molar refractivity (Wildman–Crippen MR) is 136 cm³/mol. The number of piperidine rings is 1. The van der Waals surface area contributed by atoms with Gasteiger partial charge in [-0.2, -0.15) is 4.31 Å². The number of amides is 2. The Morgan fingerprint density at radius 3 is 2.43 bits per heavy atom. The van der Waals surface area contributed by atoms with Gasteiger partial charge >= 0.3 is 0 Å². The third-order valence-corrected chi connectivity index (χ3v) is 8.61. The summed E-state index contributed by atoms with van der Waals surface area (Å²) in [6.07, 6.45) is 1.79. The summed E-state index contributed by atoms with van der Waals surface area (Å²) in [5.41, 5.74) is 0.826. The predicted octanol–water partition coefficient (Wildman–Crippen LogP) is 1.63. The Morgan fingerprint density at radius 2 is 1.73 bits per heavy atom. The minimum atomic E-state index is -3.85. The molecule has 1 aromatic heterocycles. The zero-order chi connectivity index (χ0) is 25.8. The van der Waals surface area contributed by atoms with Gasteiger partial charge in [0, 0.05) is 37.3 Å². The van der Waals surface area contributed by atoms with Gasteiger partial charge in [0.05, 0.1) is 16.9 Å². The lowest BCUT2D eigenvalue weighted by molar-refractivity contribution is -0.125. The highest BCUT2D eigenvalue weighted by molar-refractivity contribution is 7.89. The first kappa shape index (κ1) is 25.1. The van der Waals surface area contributed by atoms with Crippen LogP contribution >= 0.6 is 0 Å². The minimum Gasteiger partial charge on any atom is -0.355 e. The summed E-state index contributed by atoms with van der Waals surface area (Å²) in [6, 6.07) is 18.1. The lowest BCUT2D eigenvalue weighted by atomic mass is 10.0. The Morgan fingerprint density at radius 1 is 1.00 bits per heavy atom. The zero-order valence-electron chi connectivity index (χ0n) is 20.2. The van der Waals surface area contributed by atoms with E-state index in [-0.39, 0.29) is 35.6 Å². The molecule has 2 saturated heterocycles. The van der Waals surface area contributed by atoms with Gasteiger partial charge in [-0.3, -0.25) is 9.59 Å². The van der Waals surface area contributed by atoms with Crippen molar-refractivity contribution in [1.29, 1.82) is 0 Å². The van der Waals surface area contributed by atoms with Crippen molar-refractivity contribution < 1.29 is 22.5 Å². The summed E-state index contributed by atoms with van der Waals surface area (Å²) >= 11 is 0. The van der Waals surface area contributed by atoms with Gasteiger partial charge in [0.2, 0.25) is 15.9 Å². The second-order valence-electron chi connectivity index (χ2n) is 9.32. The topological polar surface area (TPSA) is 134 Å². The van der Waals surface area contributed by atoms with Crippen LogP contribution in [0.5, 0.6) is 0 Å². The van der Waals surface area contributed by atoms with Crippen LogP contribution in [0.4, 0.5) is 0 Å². The summed E-state index contributed by atoms with van der Waals surface area (Å²) in [4.78, 5) is 26.5. The number of sulfonamides is 1. The quantitative estimate of drug-likeness (QED) is 0.429. The highest BCUT2D eigenvalue weighted by Gasteiger charge is 2.44. The molecule has 2 aromatic carbocycles. The molecule has 3 atom stereocenters. The molecule has 2 fully saturated rings. The highest BCUT2D eigenvalue weighted by Crippen LogP contribution is 2.26. The van der Waals surface area contributed by atoms with Gasteiger partial charge < -0.3 is 20.5 Å². The molecule has 3 aromatic rings. The summed E-state index contributed by atoms with van der Waals surface area (Å²) in [7, 11) is -3.85. The minimum absolute atomic E-state index is 0.0344. The van der Waals surface area contributed by atoms with Crippen molar-refractivity contribution >= 4 is 21.8 Å². The SMILES string of the molecule is O=C(N[C@H]1CN(S(=O)(=O)c2ccccc2)C[C@@H]1C(=O)N[C@H]1CCCNC1)c1cc(-c2ccccc2)on1. The van der Waals surface area contributed by atoms with Crippen LogP contribution in [0.15, 0.2) is 76.1 Å². The molecule has 2 aliphatic rings. The molecule has 0 aliphatic carbocycles. The van der Waals surface area contributed by atoms with Gasteiger partial charge in [-0.15, -0.1) is 0 Å². The van der Waals surface area contributed by atoms with E-state index in [0.717, 1.165) is 24.9 Å².